The second-order valence-electron chi connectivity index (χ2n) is 4.55. The van der Waals surface area contributed by atoms with Crippen molar-refractivity contribution in [3.63, 3.8) is 0 Å². The topological polar surface area (TPSA) is 74.9 Å². The summed E-state index contributed by atoms with van der Waals surface area (Å²) >= 11 is 1.51. The number of nitrogens with two attached hydrogens (primary N) is 1. The highest BCUT2D eigenvalue weighted by molar-refractivity contribution is 7.99. The number of para-hydroxylation sites is 2. The number of nitrogens with one attached hydrogen (secondary N) is 1. The monoisotopic (exact) mass is 285 g/mol. The largest absolute Gasteiger partial charge is 0.399 e. The van der Waals surface area contributed by atoms with Gasteiger partial charge in [-0.05, 0) is 29.8 Å². The van der Waals surface area contributed by atoms with E-state index < -0.39 is 6.10 Å². The molecule has 102 valence electrons. The van der Waals surface area contributed by atoms with Gasteiger partial charge in [0.1, 0.15) is 0 Å². The van der Waals surface area contributed by atoms with Crippen LogP contribution in [0.5, 0.6) is 0 Å². The van der Waals surface area contributed by atoms with Gasteiger partial charge in [0.05, 0.1) is 17.1 Å². The number of rotatable bonds is 4. The molecule has 2 aromatic carbocycles. The van der Waals surface area contributed by atoms with E-state index in [9.17, 15) is 5.11 Å². The van der Waals surface area contributed by atoms with Crippen molar-refractivity contribution in [1.82, 2.24) is 9.97 Å². The Morgan fingerprint density at radius 3 is 2.65 bits per heavy atom. The van der Waals surface area contributed by atoms with Gasteiger partial charge in [-0.15, -0.1) is 0 Å². The molecule has 0 aliphatic rings. The molecule has 0 aliphatic heterocycles. The summed E-state index contributed by atoms with van der Waals surface area (Å²) < 4.78 is 0. The van der Waals surface area contributed by atoms with Gasteiger partial charge in [-0.1, -0.05) is 36.0 Å². The Morgan fingerprint density at radius 1 is 1.15 bits per heavy atom. The Morgan fingerprint density at radius 2 is 1.90 bits per heavy atom. The zero-order valence-corrected chi connectivity index (χ0v) is 11.6. The standard InChI is InChI=1S/C15H15N3OS/c16-11-7-5-10(6-8-11)14(19)9-20-15-17-12-3-1-2-4-13(12)18-15/h1-8,14,19H,9,16H2,(H,17,18). The molecular weight excluding hydrogens is 270 g/mol. The van der Waals surface area contributed by atoms with Crippen LogP contribution in [0, 0.1) is 0 Å². The molecule has 1 aromatic heterocycles. The van der Waals surface area contributed by atoms with Gasteiger partial charge in [0.25, 0.3) is 0 Å². The molecule has 5 heteroatoms. The maximum atomic E-state index is 10.1. The number of hydrogen-bond donors (Lipinski definition) is 3. The summed E-state index contributed by atoms with van der Waals surface area (Å²) in [6.45, 7) is 0. The molecule has 0 bridgehead atoms. The van der Waals surface area contributed by atoms with Crippen molar-refractivity contribution in [1.29, 1.82) is 0 Å². The SMILES string of the molecule is Nc1ccc(C(O)CSc2nc3ccccc3[nH]2)cc1. The number of anilines is 1. The fourth-order valence-electron chi connectivity index (χ4n) is 1.97. The fraction of sp³-hybridized carbons (Fsp3) is 0.133. The van der Waals surface area contributed by atoms with Crippen LogP contribution in [-0.4, -0.2) is 20.8 Å². The summed E-state index contributed by atoms with van der Waals surface area (Å²) in [5.41, 5.74) is 9.15. The smallest absolute Gasteiger partial charge is 0.166 e. The van der Waals surface area contributed by atoms with Gasteiger partial charge in [0.15, 0.2) is 5.16 Å². The number of hydrogen-bond acceptors (Lipinski definition) is 4. The molecule has 0 spiro atoms. The van der Waals surface area contributed by atoms with E-state index in [1.54, 1.807) is 12.1 Å². The minimum Gasteiger partial charge on any atom is -0.399 e. The van der Waals surface area contributed by atoms with Crippen LogP contribution in [0.2, 0.25) is 0 Å². The maximum absolute atomic E-state index is 10.1. The summed E-state index contributed by atoms with van der Waals surface area (Å²) in [4.78, 5) is 7.70. The number of aliphatic hydroxyl groups is 1. The van der Waals surface area contributed by atoms with Crippen molar-refractivity contribution in [2.45, 2.75) is 11.3 Å². The van der Waals surface area contributed by atoms with E-state index in [2.05, 4.69) is 9.97 Å². The van der Waals surface area contributed by atoms with Gasteiger partial charge in [-0.25, -0.2) is 4.98 Å². The molecule has 4 nitrogen and oxygen atoms in total. The summed E-state index contributed by atoms with van der Waals surface area (Å²) in [5, 5.41) is 11.0. The molecule has 1 atom stereocenters. The van der Waals surface area contributed by atoms with Gasteiger partial charge in [-0.2, -0.15) is 0 Å². The molecule has 0 saturated carbocycles. The summed E-state index contributed by atoms with van der Waals surface area (Å²) in [5.74, 6) is 0.545. The van der Waals surface area contributed by atoms with Gasteiger partial charge >= 0.3 is 0 Å². The molecule has 0 amide bonds. The minimum atomic E-state index is -0.534. The van der Waals surface area contributed by atoms with Crippen molar-refractivity contribution in [2.24, 2.45) is 0 Å². The second kappa shape index (κ2) is 5.56. The van der Waals surface area contributed by atoms with Gasteiger partial charge < -0.3 is 15.8 Å². The van der Waals surface area contributed by atoms with Gasteiger partial charge in [0.2, 0.25) is 0 Å². The van der Waals surface area contributed by atoms with E-state index in [1.165, 1.54) is 11.8 Å². The van der Waals surface area contributed by atoms with Crippen LogP contribution >= 0.6 is 11.8 Å². The lowest BCUT2D eigenvalue weighted by atomic mass is 10.1. The number of nitrogens with zero attached hydrogens (tertiary/aromatic N) is 1. The van der Waals surface area contributed by atoms with Crippen LogP contribution in [0.4, 0.5) is 5.69 Å². The van der Waals surface area contributed by atoms with E-state index >= 15 is 0 Å². The van der Waals surface area contributed by atoms with E-state index in [0.717, 1.165) is 21.8 Å². The molecule has 0 aliphatic carbocycles. The zero-order valence-electron chi connectivity index (χ0n) is 10.8. The highest BCUT2D eigenvalue weighted by atomic mass is 32.2. The minimum absolute atomic E-state index is 0.534. The van der Waals surface area contributed by atoms with Crippen LogP contribution in [-0.2, 0) is 0 Å². The van der Waals surface area contributed by atoms with Crippen LogP contribution in [0.25, 0.3) is 11.0 Å². The summed E-state index contributed by atoms with van der Waals surface area (Å²) in [6, 6.07) is 15.2. The van der Waals surface area contributed by atoms with Crippen molar-refractivity contribution in [3.05, 3.63) is 54.1 Å². The number of H-pyrrole nitrogens is 1. The predicted octanol–water partition coefficient (Wildman–Crippen LogP) is 2.97. The third-order valence-electron chi connectivity index (χ3n) is 3.07. The van der Waals surface area contributed by atoms with E-state index in [0.29, 0.717) is 11.4 Å². The highest BCUT2D eigenvalue weighted by Crippen LogP contribution is 2.25. The molecule has 1 heterocycles. The number of benzene rings is 2. The first-order valence-electron chi connectivity index (χ1n) is 6.33. The summed E-state index contributed by atoms with van der Waals surface area (Å²) in [6.07, 6.45) is -0.534. The van der Waals surface area contributed by atoms with Gasteiger partial charge in [0, 0.05) is 11.4 Å². The number of thioether (sulfide) groups is 1. The molecule has 0 saturated heterocycles. The molecule has 20 heavy (non-hydrogen) atoms. The Kier molecular flexibility index (Phi) is 3.62. The van der Waals surface area contributed by atoms with Crippen molar-refractivity contribution in [3.8, 4) is 0 Å². The highest BCUT2D eigenvalue weighted by Gasteiger charge is 2.10. The predicted molar refractivity (Wildman–Crippen MR) is 82.6 cm³/mol. The normalized spacial score (nSPS) is 12.7. The number of fused-ring (bicyclic) bond motifs is 1. The van der Waals surface area contributed by atoms with Crippen LogP contribution in [0.1, 0.15) is 11.7 Å². The van der Waals surface area contributed by atoms with E-state index in [-0.39, 0.29) is 0 Å². The quantitative estimate of drug-likeness (QED) is 0.509. The third-order valence-corrected chi connectivity index (χ3v) is 4.02. The Bertz CT molecular complexity index is 675. The number of imidazole rings is 1. The first-order chi connectivity index (χ1) is 9.72. The zero-order chi connectivity index (χ0) is 13.9. The Balaban J connectivity index is 1.68. The maximum Gasteiger partial charge on any atom is 0.166 e. The molecular formula is C15H15N3OS. The molecule has 3 rings (SSSR count). The average molecular weight is 285 g/mol. The van der Waals surface area contributed by atoms with Gasteiger partial charge in [-0.3, -0.25) is 0 Å². The van der Waals surface area contributed by atoms with Crippen LogP contribution in [0.15, 0.2) is 53.7 Å². The van der Waals surface area contributed by atoms with Crippen molar-refractivity contribution in [2.75, 3.05) is 11.5 Å². The number of aromatic amines is 1. The summed E-state index contributed by atoms with van der Waals surface area (Å²) in [7, 11) is 0. The molecule has 1 unspecified atom stereocenters. The van der Waals surface area contributed by atoms with E-state index in [4.69, 9.17) is 5.73 Å². The second-order valence-corrected chi connectivity index (χ2v) is 5.56. The number of aromatic nitrogens is 2. The molecule has 0 radical (unpaired) electrons. The lowest BCUT2D eigenvalue weighted by Crippen LogP contribution is -2.01. The number of nitrogen functional groups attached to an aromatic ring is 1. The van der Waals surface area contributed by atoms with E-state index in [1.807, 2.05) is 36.4 Å². The van der Waals surface area contributed by atoms with Crippen LogP contribution < -0.4 is 5.73 Å². The Hall–Kier alpha value is -1.98. The number of aliphatic hydroxyl groups excluding tert-OH is 1. The third kappa shape index (κ3) is 2.79. The lowest BCUT2D eigenvalue weighted by molar-refractivity contribution is 0.204. The fourth-order valence-corrected chi connectivity index (χ4v) is 2.82. The van der Waals surface area contributed by atoms with Crippen molar-refractivity contribution < 1.29 is 5.11 Å². The Labute approximate surface area is 121 Å². The first-order valence-corrected chi connectivity index (χ1v) is 7.32. The molecule has 3 aromatic rings. The average Bonchev–Trinajstić information content (AvgIpc) is 2.88. The van der Waals surface area contributed by atoms with Crippen LogP contribution in [0.3, 0.4) is 0 Å². The molecule has 4 N–H and O–H groups in total. The van der Waals surface area contributed by atoms with Crippen molar-refractivity contribution >= 4 is 28.5 Å². The molecule has 0 fully saturated rings. The first kappa shape index (κ1) is 13.0. The lowest BCUT2D eigenvalue weighted by Gasteiger charge is -2.09.